The number of hydrogen-bond donors (Lipinski definition) is 0. The number of hydrogen-bond acceptors (Lipinski definition) is 8. The minimum Gasteiger partial charge on any atom is -0.258 e. The van der Waals surface area contributed by atoms with E-state index in [0.717, 1.165) is 30.3 Å². The molecule has 0 unspecified atom stereocenters. The summed E-state index contributed by atoms with van der Waals surface area (Å²) in [6, 6.07) is 5.03. The number of benzene rings is 2. The van der Waals surface area contributed by atoms with Gasteiger partial charge in [0.1, 0.15) is 0 Å². The number of rotatable bonds is 5. The van der Waals surface area contributed by atoms with Gasteiger partial charge in [-0.1, -0.05) is 0 Å². The fourth-order valence-corrected chi connectivity index (χ4v) is 1.99. The van der Waals surface area contributed by atoms with Crippen LogP contribution in [0, 0.1) is 40.5 Å². The summed E-state index contributed by atoms with van der Waals surface area (Å²) in [5.74, 6) is 0. The summed E-state index contributed by atoms with van der Waals surface area (Å²) in [6.07, 6.45) is 0. The van der Waals surface area contributed by atoms with E-state index in [1.807, 2.05) is 0 Å². The molecule has 0 heterocycles. The highest BCUT2D eigenvalue weighted by atomic mass is 16.6. The summed E-state index contributed by atoms with van der Waals surface area (Å²) >= 11 is 0. The Kier molecular flexibility index (Phi) is 4.13. The van der Waals surface area contributed by atoms with Crippen LogP contribution >= 0.6 is 0 Å². The summed E-state index contributed by atoms with van der Waals surface area (Å²) in [5, 5.41) is 43.7. The summed E-state index contributed by atoms with van der Waals surface area (Å²) < 4.78 is 0. The summed E-state index contributed by atoms with van der Waals surface area (Å²) in [7, 11) is 0. The lowest BCUT2D eigenvalue weighted by atomic mass is 10.0. The standard InChI is InChI=1S/C12H6N4O8/c17-13(18)8-1-2-12(16(23)24)11(6-8)7-3-9(14(19)20)5-10(4-7)15(21)22/h1-6H. The molecule has 0 saturated carbocycles. The molecule has 2 rings (SSSR count). The zero-order valence-electron chi connectivity index (χ0n) is 11.5. The van der Waals surface area contributed by atoms with E-state index in [2.05, 4.69) is 0 Å². The second-order valence-electron chi connectivity index (χ2n) is 4.47. The average molecular weight is 334 g/mol. The lowest BCUT2D eigenvalue weighted by molar-refractivity contribution is -0.394. The minimum atomic E-state index is -0.903. The largest absolute Gasteiger partial charge is 0.277 e. The van der Waals surface area contributed by atoms with E-state index in [9.17, 15) is 40.5 Å². The Hall–Kier alpha value is -3.96. The fraction of sp³-hybridized carbons (Fsp3) is 0. The first-order chi connectivity index (χ1) is 11.2. The lowest BCUT2D eigenvalue weighted by Gasteiger charge is -2.04. The van der Waals surface area contributed by atoms with Crippen LogP contribution in [0.2, 0.25) is 0 Å². The monoisotopic (exact) mass is 334 g/mol. The van der Waals surface area contributed by atoms with E-state index in [-0.39, 0.29) is 11.1 Å². The van der Waals surface area contributed by atoms with Crippen LogP contribution in [0.3, 0.4) is 0 Å². The third-order valence-corrected chi connectivity index (χ3v) is 3.02. The summed E-state index contributed by atoms with van der Waals surface area (Å²) in [6.45, 7) is 0. The number of nitro benzene ring substituents is 4. The molecule has 24 heavy (non-hydrogen) atoms. The maximum absolute atomic E-state index is 11.1. The van der Waals surface area contributed by atoms with Gasteiger partial charge in [0.05, 0.1) is 31.3 Å². The van der Waals surface area contributed by atoms with Crippen molar-refractivity contribution in [2.24, 2.45) is 0 Å². The molecular formula is C12H6N4O8. The molecule has 0 aliphatic heterocycles. The summed E-state index contributed by atoms with van der Waals surface area (Å²) in [5.41, 5.74) is -2.98. The molecule has 0 amide bonds. The Morgan fingerprint density at radius 2 is 1.08 bits per heavy atom. The predicted octanol–water partition coefficient (Wildman–Crippen LogP) is 2.99. The smallest absolute Gasteiger partial charge is 0.258 e. The normalized spacial score (nSPS) is 10.2. The van der Waals surface area contributed by atoms with Crippen molar-refractivity contribution >= 4 is 22.7 Å². The lowest BCUT2D eigenvalue weighted by Crippen LogP contribution is -1.97. The SMILES string of the molecule is O=[N+]([O-])c1cc(-c2cc([N+](=O)[O-])ccc2[N+](=O)[O-])cc([N+](=O)[O-])c1. The van der Waals surface area contributed by atoms with Crippen LogP contribution in [0.15, 0.2) is 36.4 Å². The van der Waals surface area contributed by atoms with Gasteiger partial charge in [-0.25, -0.2) is 0 Å². The third kappa shape index (κ3) is 3.11. The van der Waals surface area contributed by atoms with Crippen molar-refractivity contribution in [1.82, 2.24) is 0 Å². The van der Waals surface area contributed by atoms with Crippen molar-refractivity contribution in [3.63, 3.8) is 0 Å². The highest BCUT2D eigenvalue weighted by Gasteiger charge is 2.24. The molecule has 0 spiro atoms. The molecule has 0 saturated heterocycles. The molecule has 12 nitrogen and oxygen atoms in total. The average Bonchev–Trinajstić information content (AvgIpc) is 2.53. The van der Waals surface area contributed by atoms with E-state index in [1.165, 1.54) is 0 Å². The topological polar surface area (TPSA) is 173 Å². The van der Waals surface area contributed by atoms with E-state index in [0.29, 0.717) is 6.07 Å². The summed E-state index contributed by atoms with van der Waals surface area (Å²) in [4.78, 5) is 40.2. The molecule has 0 fully saturated rings. The van der Waals surface area contributed by atoms with Gasteiger partial charge in [-0.3, -0.25) is 40.5 Å². The van der Waals surface area contributed by atoms with Crippen molar-refractivity contribution in [1.29, 1.82) is 0 Å². The van der Waals surface area contributed by atoms with Gasteiger partial charge in [0.2, 0.25) is 0 Å². The first-order valence-electron chi connectivity index (χ1n) is 6.08. The van der Waals surface area contributed by atoms with Crippen LogP contribution < -0.4 is 0 Å². The molecule has 0 aromatic heterocycles. The zero-order chi connectivity index (χ0) is 18.0. The van der Waals surface area contributed by atoms with Gasteiger partial charge in [0.15, 0.2) is 0 Å². The molecular weight excluding hydrogens is 328 g/mol. The van der Waals surface area contributed by atoms with Gasteiger partial charge in [0.25, 0.3) is 22.7 Å². The first-order valence-corrected chi connectivity index (χ1v) is 6.08. The van der Waals surface area contributed by atoms with Gasteiger partial charge in [-0.2, -0.15) is 0 Å². The van der Waals surface area contributed by atoms with Crippen molar-refractivity contribution in [2.75, 3.05) is 0 Å². The van der Waals surface area contributed by atoms with Crippen LogP contribution in [-0.4, -0.2) is 19.7 Å². The Labute approximate surface area is 131 Å². The first kappa shape index (κ1) is 16.4. The fourth-order valence-electron chi connectivity index (χ4n) is 1.99. The Balaban J connectivity index is 2.80. The van der Waals surface area contributed by atoms with Gasteiger partial charge in [-0.15, -0.1) is 0 Å². The van der Waals surface area contributed by atoms with Gasteiger partial charge < -0.3 is 0 Å². The van der Waals surface area contributed by atoms with Crippen molar-refractivity contribution in [3.05, 3.63) is 76.9 Å². The van der Waals surface area contributed by atoms with Crippen molar-refractivity contribution < 1.29 is 19.7 Å². The number of nitro groups is 4. The van der Waals surface area contributed by atoms with Crippen LogP contribution in [0.1, 0.15) is 0 Å². The Morgan fingerprint density at radius 3 is 1.50 bits per heavy atom. The number of non-ortho nitro benzene ring substituents is 3. The molecule has 2 aromatic carbocycles. The second kappa shape index (κ2) is 6.04. The Bertz CT molecular complexity index is 862. The van der Waals surface area contributed by atoms with Crippen LogP contribution in [-0.2, 0) is 0 Å². The molecule has 0 radical (unpaired) electrons. The van der Waals surface area contributed by atoms with Crippen molar-refractivity contribution in [2.45, 2.75) is 0 Å². The van der Waals surface area contributed by atoms with E-state index in [4.69, 9.17) is 0 Å². The molecule has 0 atom stereocenters. The Morgan fingerprint density at radius 1 is 0.583 bits per heavy atom. The maximum Gasteiger partial charge on any atom is 0.277 e. The van der Waals surface area contributed by atoms with E-state index < -0.39 is 42.4 Å². The zero-order valence-corrected chi connectivity index (χ0v) is 11.5. The van der Waals surface area contributed by atoms with Crippen LogP contribution in [0.5, 0.6) is 0 Å². The molecule has 0 aliphatic rings. The van der Waals surface area contributed by atoms with Crippen LogP contribution in [0.4, 0.5) is 22.7 Å². The molecule has 2 aromatic rings. The second-order valence-corrected chi connectivity index (χ2v) is 4.47. The maximum atomic E-state index is 11.1. The van der Waals surface area contributed by atoms with E-state index in [1.54, 1.807) is 0 Å². The van der Waals surface area contributed by atoms with Crippen LogP contribution in [0.25, 0.3) is 11.1 Å². The van der Waals surface area contributed by atoms with Crippen molar-refractivity contribution in [3.8, 4) is 11.1 Å². The molecule has 0 bridgehead atoms. The predicted molar refractivity (Wildman–Crippen MR) is 78.5 cm³/mol. The number of nitrogens with zero attached hydrogens (tertiary/aromatic N) is 4. The third-order valence-electron chi connectivity index (χ3n) is 3.02. The van der Waals surface area contributed by atoms with Gasteiger partial charge in [-0.05, 0) is 0 Å². The quantitative estimate of drug-likeness (QED) is 0.592. The highest BCUT2D eigenvalue weighted by Crippen LogP contribution is 2.37. The molecule has 122 valence electrons. The molecule has 12 heteroatoms. The molecule has 0 aliphatic carbocycles. The van der Waals surface area contributed by atoms with Gasteiger partial charge >= 0.3 is 0 Å². The molecule has 0 N–H and O–H groups in total. The van der Waals surface area contributed by atoms with Gasteiger partial charge in [0, 0.05) is 35.9 Å². The minimum absolute atomic E-state index is 0.244. The highest BCUT2D eigenvalue weighted by molar-refractivity contribution is 5.78. The van der Waals surface area contributed by atoms with E-state index >= 15 is 0 Å².